The minimum Gasteiger partial charge on any atom is -0.384 e. The molecule has 1 aromatic carbocycles. The molecule has 4 aromatic rings. The molecule has 1 atom stereocenters. The third kappa shape index (κ3) is 4.47. The molecular formula is C27H25ClN6S. The van der Waals surface area contributed by atoms with E-state index in [0.717, 1.165) is 55.9 Å². The van der Waals surface area contributed by atoms with Crippen LogP contribution in [0.4, 0.5) is 5.82 Å². The van der Waals surface area contributed by atoms with E-state index in [1.54, 1.807) is 23.6 Å². The molecule has 5 rings (SSSR count). The third-order valence-electron chi connectivity index (χ3n) is 5.92. The molecule has 0 aliphatic carbocycles. The van der Waals surface area contributed by atoms with Crippen molar-refractivity contribution in [1.82, 2.24) is 19.7 Å². The highest BCUT2D eigenvalue weighted by Crippen LogP contribution is 2.40. The van der Waals surface area contributed by atoms with E-state index in [1.807, 2.05) is 37.3 Å². The van der Waals surface area contributed by atoms with Gasteiger partial charge < -0.3 is 5.73 Å². The Labute approximate surface area is 213 Å². The molecule has 0 fully saturated rings. The SMILES string of the molecule is Cc1c(C#Cc2ccc(N)nc2)sc2c1C(c1ccc(Cl)cc1)=N[C@@H](CC(C)C)c1nnc(C)n1-2. The van der Waals surface area contributed by atoms with E-state index in [-0.39, 0.29) is 6.04 Å². The van der Waals surface area contributed by atoms with Gasteiger partial charge in [-0.25, -0.2) is 4.98 Å². The first-order valence-corrected chi connectivity index (χ1v) is 12.6. The number of hydrogen-bond acceptors (Lipinski definition) is 6. The fourth-order valence-electron chi connectivity index (χ4n) is 4.22. The molecule has 176 valence electrons. The van der Waals surface area contributed by atoms with Crippen LogP contribution >= 0.6 is 22.9 Å². The number of anilines is 1. The minimum atomic E-state index is -0.101. The number of nitrogen functional groups attached to an aromatic ring is 1. The molecule has 0 saturated carbocycles. The van der Waals surface area contributed by atoms with Crippen LogP contribution in [0, 0.1) is 31.6 Å². The average molecular weight is 501 g/mol. The van der Waals surface area contributed by atoms with Crippen LogP contribution in [0.2, 0.25) is 5.02 Å². The van der Waals surface area contributed by atoms with Crippen LogP contribution < -0.4 is 5.73 Å². The summed E-state index contributed by atoms with van der Waals surface area (Å²) < 4.78 is 2.16. The zero-order valence-electron chi connectivity index (χ0n) is 20.0. The van der Waals surface area contributed by atoms with E-state index >= 15 is 0 Å². The van der Waals surface area contributed by atoms with Crippen LogP contribution in [0.3, 0.4) is 0 Å². The van der Waals surface area contributed by atoms with Gasteiger partial charge in [0.05, 0.1) is 10.6 Å². The largest absolute Gasteiger partial charge is 0.384 e. The van der Waals surface area contributed by atoms with Gasteiger partial charge in [0.15, 0.2) is 5.82 Å². The van der Waals surface area contributed by atoms with Crippen molar-refractivity contribution in [3.63, 3.8) is 0 Å². The summed E-state index contributed by atoms with van der Waals surface area (Å²) in [4.78, 5) is 10.4. The molecule has 2 N–H and O–H groups in total. The van der Waals surface area contributed by atoms with Gasteiger partial charge >= 0.3 is 0 Å². The number of nitrogens with two attached hydrogens (primary N) is 1. The van der Waals surface area contributed by atoms with E-state index in [1.165, 1.54) is 0 Å². The first-order chi connectivity index (χ1) is 16.8. The smallest absolute Gasteiger partial charge is 0.163 e. The van der Waals surface area contributed by atoms with Crippen molar-refractivity contribution in [3.8, 4) is 16.8 Å². The van der Waals surface area contributed by atoms with E-state index in [4.69, 9.17) is 22.3 Å². The Morgan fingerprint density at radius 3 is 2.54 bits per heavy atom. The van der Waals surface area contributed by atoms with Crippen molar-refractivity contribution in [2.24, 2.45) is 10.9 Å². The predicted octanol–water partition coefficient (Wildman–Crippen LogP) is 5.91. The molecule has 4 heterocycles. The number of thiophene rings is 1. The Morgan fingerprint density at radius 1 is 1.09 bits per heavy atom. The third-order valence-corrected chi connectivity index (χ3v) is 7.36. The topological polar surface area (TPSA) is 82.0 Å². The fourth-order valence-corrected chi connectivity index (χ4v) is 5.56. The van der Waals surface area contributed by atoms with Crippen LogP contribution in [0.15, 0.2) is 47.6 Å². The highest BCUT2D eigenvalue weighted by molar-refractivity contribution is 7.15. The minimum absolute atomic E-state index is 0.101. The summed E-state index contributed by atoms with van der Waals surface area (Å²) in [6.07, 6.45) is 2.56. The number of benzene rings is 1. The van der Waals surface area contributed by atoms with Gasteiger partial charge in [-0.3, -0.25) is 9.56 Å². The molecule has 0 amide bonds. The van der Waals surface area contributed by atoms with E-state index in [9.17, 15) is 0 Å². The molecule has 35 heavy (non-hydrogen) atoms. The van der Waals surface area contributed by atoms with Gasteiger partial charge in [0.1, 0.15) is 22.7 Å². The maximum absolute atomic E-state index is 6.21. The summed E-state index contributed by atoms with van der Waals surface area (Å²) in [6.45, 7) is 8.50. The van der Waals surface area contributed by atoms with Crippen LogP contribution in [0.5, 0.6) is 0 Å². The van der Waals surface area contributed by atoms with Gasteiger partial charge in [0, 0.05) is 27.9 Å². The lowest BCUT2D eigenvalue weighted by atomic mass is 9.99. The zero-order valence-corrected chi connectivity index (χ0v) is 21.6. The molecule has 8 heteroatoms. The average Bonchev–Trinajstić information content (AvgIpc) is 3.32. The molecule has 0 unspecified atom stereocenters. The van der Waals surface area contributed by atoms with Gasteiger partial charge in [0.25, 0.3) is 0 Å². The second-order valence-corrected chi connectivity index (χ2v) is 10.5. The Hall–Kier alpha value is -3.47. The number of aromatic nitrogens is 4. The number of fused-ring (bicyclic) bond motifs is 3. The molecule has 0 bridgehead atoms. The number of rotatable bonds is 3. The van der Waals surface area contributed by atoms with Gasteiger partial charge in [-0.15, -0.1) is 21.5 Å². The highest BCUT2D eigenvalue weighted by Gasteiger charge is 2.32. The molecular weight excluding hydrogens is 476 g/mol. The van der Waals surface area contributed by atoms with Gasteiger partial charge in [-0.05, 0) is 56.0 Å². The Balaban J connectivity index is 1.73. The number of hydrogen-bond donors (Lipinski definition) is 1. The van der Waals surface area contributed by atoms with Gasteiger partial charge in [-0.1, -0.05) is 49.4 Å². The van der Waals surface area contributed by atoms with Crippen LogP contribution in [-0.4, -0.2) is 25.5 Å². The normalized spacial score (nSPS) is 14.6. The first kappa shape index (κ1) is 23.3. The molecule has 1 aliphatic rings. The molecule has 1 aliphatic heterocycles. The molecule has 0 saturated heterocycles. The first-order valence-electron chi connectivity index (χ1n) is 11.4. The van der Waals surface area contributed by atoms with Crippen molar-refractivity contribution in [2.75, 3.05) is 5.73 Å². The summed E-state index contributed by atoms with van der Waals surface area (Å²) >= 11 is 7.85. The van der Waals surface area contributed by atoms with Gasteiger partial charge in [-0.2, -0.15) is 0 Å². The Bertz CT molecular complexity index is 1480. The van der Waals surface area contributed by atoms with E-state index in [2.05, 4.69) is 52.4 Å². The van der Waals surface area contributed by atoms with Crippen LogP contribution in [0.25, 0.3) is 5.00 Å². The highest BCUT2D eigenvalue weighted by atomic mass is 35.5. The zero-order chi connectivity index (χ0) is 24.7. The summed E-state index contributed by atoms with van der Waals surface area (Å²) in [5.41, 5.74) is 10.6. The standard InChI is InChI=1S/C27H25ClN6S/c1-15(2)13-21-26-33-32-17(4)34(26)27-24(25(31-21)19-7-9-20(28)10-8-19)16(3)22(35-27)11-5-18-6-12-23(29)30-14-18/h6-10,12,14-15,21H,13H2,1-4H3,(H2,29,30)/t21-/m0/s1. The maximum Gasteiger partial charge on any atom is 0.163 e. The van der Waals surface area contributed by atoms with Gasteiger partial charge in [0.2, 0.25) is 0 Å². The number of aliphatic imine (C=N–C) groups is 1. The second kappa shape index (κ2) is 9.29. The Morgan fingerprint density at radius 2 is 1.86 bits per heavy atom. The second-order valence-electron chi connectivity index (χ2n) is 9.03. The lowest BCUT2D eigenvalue weighted by Gasteiger charge is -2.14. The lowest BCUT2D eigenvalue weighted by molar-refractivity contribution is 0.491. The summed E-state index contributed by atoms with van der Waals surface area (Å²) in [7, 11) is 0. The van der Waals surface area contributed by atoms with Crippen molar-refractivity contribution in [1.29, 1.82) is 0 Å². The quantitative estimate of drug-likeness (QED) is 0.354. The van der Waals surface area contributed by atoms with E-state index in [0.29, 0.717) is 16.8 Å². The number of nitrogens with zero attached hydrogens (tertiary/aromatic N) is 5. The van der Waals surface area contributed by atoms with Crippen molar-refractivity contribution >= 4 is 34.5 Å². The maximum atomic E-state index is 6.21. The van der Waals surface area contributed by atoms with Crippen molar-refractivity contribution < 1.29 is 0 Å². The summed E-state index contributed by atoms with van der Waals surface area (Å²) in [6, 6.07) is 11.4. The summed E-state index contributed by atoms with van der Waals surface area (Å²) in [5, 5.41) is 10.7. The number of aryl methyl sites for hydroxylation is 1. The monoisotopic (exact) mass is 500 g/mol. The van der Waals surface area contributed by atoms with Crippen molar-refractivity contribution in [2.45, 2.75) is 40.2 Å². The van der Waals surface area contributed by atoms with E-state index < -0.39 is 0 Å². The predicted molar refractivity (Wildman–Crippen MR) is 143 cm³/mol. The van der Waals surface area contributed by atoms with Crippen molar-refractivity contribution in [3.05, 3.63) is 86.4 Å². The Kier molecular flexibility index (Phi) is 6.18. The molecule has 6 nitrogen and oxygen atoms in total. The van der Waals surface area contributed by atoms with Crippen LogP contribution in [-0.2, 0) is 0 Å². The molecule has 3 aromatic heterocycles. The molecule has 0 spiro atoms. The molecule has 0 radical (unpaired) electrons. The van der Waals surface area contributed by atoms with Crippen LogP contribution in [0.1, 0.15) is 65.1 Å². The number of halogens is 1. The summed E-state index contributed by atoms with van der Waals surface area (Å²) in [5.74, 6) is 9.21. The fraction of sp³-hybridized carbons (Fsp3) is 0.259. The lowest BCUT2D eigenvalue weighted by Crippen LogP contribution is -2.08. The number of pyridine rings is 1.